The number of benzene rings is 1. The van der Waals surface area contributed by atoms with Crippen LogP contribution in [0, 0.1) is 5.92 Å². The minimum absolute atomic E-state index is 0.0481. The van der Waals surface area contributed by atoms with E-state index in [9.17, 15) is 13.2 Å². The van der Waals surface area contributed by atoms with Crippen molar-refractivity contribution in [1.82, 2.24) is 4.31 Å². The van der Waals surface area contributed by atoms with Crippen LogP contribution in [-0.2, 0) is 21.2 Å². The second kappa shape index (κ2) is 6.18. The Bertz CT molecular complexity index is 735. The number of carbonyl (C=O) groups is 1. The summed E-state index contributed by atoms with van der Waals surface area (Å²) in [6, 6.07) is 6.09. The Morgan fingerprint density at radius 1 is 1.35 bits per heavy atom. The third kappa shape index (κ3) is 3.32. The number of carbonyl (C=O) groups excluding carboxylic acids is 1. The zero-order valence-electron chi connectivity index (χ0n) is 13.3. The van der Waals surface area contributed by atoms with Crippen LogP contribution in [-0.4, -0.2) is 44.0 Å². The number of rotatable bonds is 2. The molecule has 0 spiro atoms. The molecule has 2 unspecified atom stereocenters. The molecule has 7 heteroatoms. The first-order valence-electron chi connectivity index (χ1n) is 7.84. The van der Waals surface area contributed by atoms with Crippen molar-refractivity contribution in [3.05, 3.63) is 28.2 Å². The fraction of sp³-hybridized carbons (Fsp3) is 0.562. The largest absolute Gasteiger partial charge is 0.309 e. The molecule has 1 saturated heterocycles. The van der Waals surface area contributed by atoms with E-state index in [2.05, 4.69) is 22.0 Å². The van der Waals surface area contributed by atoms with Gasteiger partial charge < -0.3 is 4.90 Å². The maximum Gasteiger partial charge on any atom is 0.231 e. The molecule has 0 N–H and O–H groups in total. The van der Waals surface area contributed by atoms with E-state index in [0.717, 1.165) is 35.0 Å². The number of hydrogen-bond donors (Lipinski definition) is 0. The molecule has 1 aromatic carbocycles. The quantitative estimate of drug-likeness (QED) is 0.765. The third-order valence-corrected chi connectivity index (χ3v) is 6.46. The van der Waals surface area contributed by atoms with Crippen molar-refractivity contribution in [3.63, 3.8) is 0 Å². The predicted octanol–water partition coefficient (Wildman–Crippen LogP) is 2.40. The van der Waals surface area contributed by atoms with Crippen molar-refractivity contribution in [2.24, 2.45) is 5.92 Å². The minimum atomic E-state index is -3.24. The SMILES string of the molecule is CC1Cc2cc(Br)ccc2N1C(=O)C1CCCN(S(C)(=O)=O)C1. The van der Waals surface area contributed by atoms with Crippen LogP contribution >= 0.6 is 15.9 Å². The normalized spacial score (nSPS) is 25.4. The lowest BCUT2D eigenvalue weighted by molar-refractivity contribution is -0.123. The molecule has 0 bridgehead atoms. The summed E-state index contributed by atoms with van der Waals surface area (Å²) in [5.41, 5.74) is 2.12. The van der Waals surface area contributed by atoms with Gasteiger partial charge in [0.05, 0.1) is 12.2 Å². The minimum Gasteiger partial charge on any atom is -0.309 e. The maximum atomic E-state index is 13.0. The Kier molecular flexibility index (Phi) is 4.55. The Labute approximate surface area is 145 Å². The van der Waals surface area contributed by atoms with Crippen molar-refractivity contribution in [3.8, 4) is 0 Å². The summed E-state index contributed by atoms with van der Waals surface area (Å²) in [6.07, 6.45) is 3.53. The van der Waals surface area contributed by atoms with Gasteiger partial charge in [-0.05, 0) is 49.9 Å². The van der Waals surface area contributed by atoms with Crippen LogP contribution in [0.3, 0.4) is 0 Å². The molecule has 23 heavy (non-hydrogen) atoms. The summed E-state index contributed by atoms with van der Waals surface area (Å²) in [4.78, 5) is 14.9. The topological polar surface area (TPSA) is 57.7 Å². The van der Waals surface area contributed by atoms with E-state index in [4.69, 9.17) is 0 Å². The lowest BCUT2D eigenvalue weighted by Crippen LogP contribution is -2.48. The van der Waals surface area contributed by atoms with Gasteiger partial charge in [-0.1, -0.05) is 15.9 Å². The molecule has 1 amide bonds. The number of piperidine rings is 1. The predicted molar refractivity (Wildman–Crippen MR) is 93.9 cm³/mol. The van der Waals surface area contributed by atoms with Gasteiger partial charge in [-0.25, -0.2) is 12.7 Å². The van der Waals surface area contributed by atoms with Gasteiger partial charge in [0.15, 0.2) is 0 Å². The van der Waals surface area contributed by atoms with Crippen molar-refractivity contribution in [2.45, 2.75) is 32.2 Å². The molecular weight excluding hydrogens is 380 g/mol. The van der Waals surface area contributed by atoms with Gasteiger partial charge in [0, 0.05) is 29.3 Å². The van der Waals surface area contributed by atoms with E-state index in [1.807, 2.05) is 24.0 Å². The second-order valence-electron chi connectivity index (χ2n) is 6.49. The molecule has 1 fully saturated rings. The zero-order valence-corrected chi connectivity index (χ0v) is 15.7. The van der Waals surface area contributed by atoms with E-state index >= 15 is 0 Å². The molecule has 2 aliphatic rings. The first-order chi connectivity index (χ1) is 10.8. The number of nitrogens with zero attached hydrogens (tertiary/aromatic N) is 2. The van der Waals surface area contributed by atoms with Gasteiger partial charge in [0.25, 0.3) is 0 Å². The van der Waals surface area contributed by atoms with E-state index < -0.39 is 10.0 Å². The molecule has 2 aliphatic heterocycles. The van der Waals surface area contributed by atoms with Gasteiger partial charge in [0.2, 0.25) is 15.9 Å². The Morgan fingerprint density at radius 3 is 2.78 bits per heavy atom. The van der Waals surface area contributed by atoms with Crippen molar-refractivity contribution >= 4 is 37.5 Å². The highest BCUT2D eigenvalue weighted by Gasteiger charge is 2.37. The highest BCUT2D eigenvalue weighted by atomic mass is 79.9. The van der Waals surface area contributed by atoms with Crippen LogP contribution in [0.4, 0.5) is 5.69 Å². The summed E-state index contributed by atoms with van der Waals surface area (Å²) < 4.78 is 26.0. The second-order valence-corrected chi connectivity index (χ2v) is 9.39. The van der Waals surface area contributed by atoms with Gasteiger partial charge >= 0.3 is 0 Å². The number of fused-ring (bicyclic) bond motifs is 1. The number of amides is 1. The molecule has 2 heterocycles. The van der Waals surface area contributed by atoms with Crippen LogP contribution in [0.1, 0.15) is 25.3 Å². The summed E-state index contributed by atoms with van der Waals surface area (Å²) in [7, 11) is -3.24. The summed E-state index contributed by atoms with van der Waals surface area (Å²) in [5, 5.41) is 0. The highest BCUT2D eigenvalue weighted by Crippen LogP contribution is 2.36. The van der Waals surface area contributed by atoms with Crippen LogP contribution < -0.4 is 4.90 Å². The standard InChI is InChI=1S/C16H21BrN2O3S/c1-11-8-13-9-14(17)5-6-15(13)19(11)16(20)12-4-3-7-18(10-12)23(2,21)22/h5-6,9,11-12H,3-4,7-8,10H2,1-2H3. The highest BCUT2D eigenvalue weighted by molar-refractivity contribution is 9.10. The number of sulfonamides is 1. The van der Waals surface area contributed by atoms with E-state index in [-0.39, 0.29) is 17.9 Å². The molecule has 126 valence electrons. The molecule has 5 nitrogen and oxygen atoms in total. The van der Waals surface area contributed by atoms with Gasteiger partial charge in [-0.15, -0.1) is 0 Å². The van der Waals surface area contributed by atoms with Crippen molar-refractivity contribution < 1.29 is 13.2 Å². The lowest BCUT2D eigenvalue weighted by atomic mass is 9.97. The molecule has 0 saturated carbocycles. The summed E-state index contributed by atoms with van der Waals surface area (Å²) in [5.74, 6) is -0.206. The van der Waals surface area contributed by atoms with E-state index in [1.165, 1.54) is 10.6 Å². The van der Waals surface area contributed by atoms with Crippen LogP contribution in [0.25, 0.3) is 0 Å². The average molecular weight is 401 g/mol. The monoisotopic (exact) mass is 400 g/mol. The van der Waals surface area contributed by atoms with Crippen molar-refractivity contribution in [1.29, 1.82) is 0 Å². The van der Waals surface area contributed by atoms with E-state index in [1.54, 1.807) is 0 Å². The lowest BCUT2D eigenvalue weighted by Gasteiger charge is -2.34. The maximum absolute atomic E-state index is 13.0. The molecule has 1 aromatic rings. The zero-order chi connectivity index (χ0) is 16.8. The van der Waals surface area contributed by atoms with E-state index in [0.29, 0.717) is 13.1 Å². The molecule has 0 aliphatic carbocycles. The molecule has 2 atom stereocenters. The number of anilines is 1. The first kappa shape index (κ1) is 16.9. The van der Waals surface area contributed by atoms with Crippen LogP contribution in [0.5, 0.6) is 0 Å². The van der Waals surface area contributed by atoms with Gasteiger partial charge in [0.1, 0.15) is 0 Å². The Morgan fingerprint density at radius 2 is 2.09 bits per heavy atom. The van der Waals surface area contributed by atoms with Crippen LogP contribution in [0.2, 0.25) is 0 Å². The smallest absolute Gasteiger partial charge is 0.231 e. The Balaban J connectivity index is 1.84. The van der Waals surface area contributed by atoms with Crippen molar-refractivity contribution in [2.75, 3.05) is 24.2 Å². The molecule has 0 radical (unpaired) electrons. The van der Waals surface area contributed by atoms with Gasteiger partial charge in [-0.3, -0.25) is 4.79 Å². The first-order valence-corrected chi connectivity index (χ1v) is 10.5. The van der Waals surface area contributed by atoms with Crippen LogP contribution in [0.15, 0.2) is 22.7 Å². The molecular formula is C16H21BrN2O3S. The molecule has 3 rings (SSSR count). The average Bonchev–Trinajstić information content (AvgIpc) is 2.80. The van der Waals surface area contributed by atoms with Gasteiger partial charge in [-0.2, -0.15) is 0 Å². The Hall–Kier alpha value is -0.920. The summed E-state index contributed by atoms with van der Waals surface area (Å²) in [6.45, 7) is 2.86. The third-order valence-electron chi connectivity index (χ3n) is 4.70. The fourth-order valence-electron chi connectivity index (χ4n) is 3.58. The molecule has 0 aromatic heterocycles. The number of hydrogen-bond acceptors (Lipinski definition) is 3. The fourth-order valence-corrected chi connectivity index (χ4v) is 4.90. The number of halogens is 1. The summed E-state index contributed by atoms with van der Waals surface area (Å²) >= 11 is 3.47.